The van der Waals surface area contributed by atoms with Gasteiger partial charge in [-0.1, -0.05) is 0 Å². The number of aromatic nitrogens is 1. The Morgan fingerprint density at radius 2 is 2.00 bits per heavy atom. The first kappa shape index (κ1) is 10.0. The fourth-order valence-electron chi connectivity index (χ4n) is 0.728. The van der Waals surface area contributed by atoms with Gasteiger partial charge in [0.2, 0.25) is 0 Å². The Morgan fingerprint density at radius 1 is 1.46 bits per heavy atom. The molecule has 0 aliphatic carbocycles. The van der Waals surface area contributed by atoms with E-state index in [2.05, 4.69) is 4.42 Å². The number of nitrogens with zero attached hydrogens (tertiary/aromatic N) is 1. The van der Waals surface area contributed by atoms with Gasteiger partial charge in [0.25, 0.3) is 5.56 Å². The SMILES string of the molecule is Cc1cc(=O)n(S(=O)(=O)Cl)c(=O)o1. The van der Waals surface area contributed by atoms with E-state index in [1.807, 2.05) is 0 Å². The molecule has 13 heavy (non-hydrogen) atoms. The van der Waals surface area contributed by atoms with Gasteiger partial charge in [0.1, 0.15) is 5.76 Å². The lowest BCUT2D eigenvalue weighted by Crippen LogP contribution is -2.35. The Kier molecular flexibility index (Phi) is 2.31. The summed E-state index contributed by atoms with van der Waals surface area (Å²) >= 11 is 0. The van der Waals surface area contributed by atoms with Crippen molar-refractivity contribution in [2.45, 2.75) is 6.92 Å². The highest BCUT2D eigenvalue weighted by Crippen LogP contribution is 1.95. The van der Waals surface area contributed by atoms with Crippen molar-refractivity contribution in [1.29, 1.82) is 0 Å². The summed E-state index contributed by atoms with van der Waals surface area (Å²) < 4.78 is 25.5. The van der Waals surface area contributed by atoms with E-state index >= 15 is 0 Å². The highest BCUT2D eigenvalue weighted by atomic mass is 35.7. The standard InChI is InChI=1S/C5H4ClNO5S/c1-3-2-4(8)7(5(9)12-3)13(6,10)11/h2H,1H3. The quantitative estimate of drug-likeness (QED) is 0.598. The minimum Gasteiger partial charge on any atom is -0.414 e. The van der Waals surface area contributed by atoms with Crippen molar-refractivity contribution >= 4 is 19.9 Å². The molecule has 6 nitrogen and oxygen atoms in total. The molecule has 1 rings (SSSR count). The third kappa shape index (κ3) is 1.99. The Balaban J connectivity index is 3.78. The van der Waals surface area contributed by atoms with Gasteiger partial charge in [0, 0.05) is 16.7 Å². The topological polar surface area (TPSA) is 86.4 Å². The van der Waals surface area contributed by atoms with Crippen LogP contribution in [0.25, 0.3) is 0 Å². The lowest BCUT2D eigenvalue weighted by Gasteiger charge is -1.96. The fraction of sp³-hybridized carbons (Fsp3) is 0.200. The van der Waals surface area contributed by atoms with Crippen molar-refractivity contribution in [2.75, 3.05) is 0 Å². The molecule has 0 N–H and O–H groups in total. The van der Waals surface area contributed by atoms with Crippen molar-refractivity contribution in [3.63, 3.8) is 0 Å². The third-order valence-electron chi connectivity index (χ3n) is 1.16. The molecule has 0 spiro atoms. The maximum absolute atomic E-state index is 10.9. The van der Waals surface area contributed by atoms with Crippen molar-refractivity contribution in [3.8, 4) is 0 Å². The Hall–Kier alpha value is -1.08. The van der Waals surface area contributed by atoms with Crippen LogP contribution in [0.2, 0.25) is 0 Å². The second-order valence-corrected chi connectivity index (χ2v) is 4.53. The van der Waals surface area contributed by atoms with Gasteiger partial charge in [-0.05, 0) is 6.92 Å². The molecule has 0 saturated carbocycles. The second kappa shape index (κ2) is 3.00. The van der Waals surface area contributed by atoms with Crippen LogP contribution in [-0.4, -0.2) is 12.4 Å². The Bertz CT molecular complexity index is 508. The first-order valence-corrected chi connectivity index (χ1v) is 5.28. The second-order valence-electron chi connectivity index (χ2n) is 2.17. The number of aryl methyl sites for hydroxylation is 1. The molecule has 1 heterocycles. The summed E-state index contributed by atoms with van der Waals surface area (Å²) in [6, 6.07) is 0.849. The molecule has 0 aromatic carbocycles. The summed E-state index contributed by atoms with van der Waals surface area (Å²) in [7, 11) is 0.386. The van der Waals surface area contributed by atoms with Crippen LogP contribution < -0.4 is 11.3 Å². The van der Waals surface area contributed by atoms with Gasteiger partial charge in [0.05, 0.1) is 0 Å². The molecular weight excluding hydrogens is 222 g/mol. The maximum atomic E-state index is 10.9. The average Bonchev–Trinajstić information content (AvgIpc) is 1.78. The molecule has 0 fully saturated rings. The average molecular weight is 226 g/mol. The van der Waals surface area contributed by atoms with Gasteiger partial charge in [-0.25, -0.2) is 4.79 Å². The number of hydrogen-bond donors (Lipinski definition) is 0. The fourth-order valence-corrected chi connectivity index (χ4v) is 1.58. The molecule has 72 valence electrons. The van der Waals surface area contributed by atoms with Crippen LogP contribution in [0, 0.1) is 6.92 Å². The molecule has 0 radical (unpaired) electrons. The van der Waals surface area contributed by atoms with E-state index in [0.717, 1.165) is 6.07 Å². The van der Waals surface area contributed by atoms with E-state index in [-0.39, 0.29) is 9.73 Å². The molecular formula is C5H4ClNO5S. The first-order chi connectivity index (χ1) is 5.82. The van der Waals surface area contributed by atoms with Gasteiger partial charge in [-0.15, -0.1) is 3.97 Å². The van der Waals surface area contributed by atoms with Gasteiger partial charge >= 0.3 is 15.0 Å². The zero-order chi connectivity index (χ0) is 10.2. The molecule has 0 amide bonds. The molecule has 0 aliphatic rings. The van der Waals surface area contributed by atoms with Crippen molar-refractivity contribution in [1.82, 2.24) is 3.97 Å². The summed E-state index contributed by atoms with van der Waals surface area (Å²) in [6.07, 6.45) is 0. The summed E-state index contributed by atoms with van der Waals surface area (Å²) in [6.45, 7) is 1.34. The minimum atomic E-state index is -4.41. The van der Waals surface area contributed by atoms with Crippen LogP contribution >= 0.6 is 10.7 Å². The summed E-state index contributed by atoms with van der Waals surface area (Å²) in [4.78, 5) is 21.8. The van der Waals surface area contributed by atoms with E-state index in [1.54, 1.807) is 0 Å². The van der Waals surface area contributed by atoms with Gasteiger partial charge in [0.15, 0.2) is 0 Å². The highest BCUT2D eigenvalue weighted by Gasteiger charge is 2.16. The number of hydrogen-bond acceptors (Lipinski definition) is 5. The summed E-state index contributed by atoms with van der Waals surface area (Å²) in [5, 5.41) is 0. The van der Waals surface area contributed by atoms with Crippen LogP contribution in [0.15, 0.2) is 20.1 Å². The van der Waals surface area contributed by atoms with E-state index in [9.17, 15) is 18.0 Å². The molecule has 8 heteroatoms. The van der Waals surface area contributed by atoms with Crippen LogP contribution in [0.4, 0.5) is 0 Å². The lowest BCUT2D eigenvalue weighted by atomic mass is 10.5. The van der Waals surface area contributed by atoms with Crippen molar-refractivity contribution < 1.29 is 12.8 Å². The van der Waals surface area contributed by atoms with E-state index in [4.69, 9.17) is 10.7 Å². The molecule has 1 aromatic heterocycles. The molecule has 0 atom stereocenters. The Labute approximate surface area is 76.9 Å². The van der Waals surface area contributed by atoms with Gasteiger partial charge in [-0.2, -0.15) is 8.42 Å². The van der Waals surface area contributed by atoms with Crippen molar-refractivity contribution in [2.24, 2.45) is 0 Å². The molecule has 0 aliphatic heterocycles. The largest absolute Gasteiger partial charge is 0.437 e. The normalized spacial score (nSPS) is 11.5. The zero-order valence-electron chi connectivity index (χ0n) is 6.35. The summed E-state index contributed by atoms with van der Waals surface area (Å²) in [5.41, 5.74) is -1.04. The zero-order valence-corrected chi connectivity index (χ0v) is 7.92. The van der Waals surface area contributed by atoms with E-state index < -0.39 is 20.6 Å². The predicted octanol–water partition coefficient (Wildman–Crippen LogP) is -0.558. The van der Waals surface area contributed by atoms with Crippen LogP contribution in [0.1, 0.15) is 5.76 Å². The monoisotopic (exact) mass is 225 g/mol. The molecule has 1 aromatic rings. The number of rotatable bonds is 1. The van der Waals surface area contributed by atoms with Gasteiger partial charge < -0.3 is 4.42 Å². The van der Waals surface area contributed by atoms with E-state index in [0.29, 0.717) is 0 Å². The number of halogens is 1. The molecule has 0 unspecified atom stereocenters. The highest BCUT2D eigenvalue weighted by molar-refractivity contribution is 8.12. The minimum absolute atomic E-state index is 0.0200. The predicted molar refractivity (Wildman–Crippen MR) is 44.1 cm³/mol. The molecule has 0 bridgehead atoms. The van der Waals surface area contributed by atoms with Gasteiger partial charge in [-0.3, -0.25) is 4.79 Å². The lowest BCUT2D eigenvalue weighted by molar-refractivity contribution is 0.438. The van der Waals surface area contributed by atoms with Crippen LogP contribution in [-0.2, 0) is 9.24 Å². The van der Waals surface area contributed by atoms with Crippen LogP contribution in [0.3, 0.4) is 0 Å². The maximum Gasteiger partial charge on any atom is 0.437 e. The summed E-state index contributed by atoms with van der Waals surface area (Å²) in [5.74, 6) is -1.30. The van der Waals surface area contributed by atoms with E-state index in [1.165, 1.54) is 6.92 Å². The Morgan fingerprint density at radius 3 is 2.38 bits per heavy atom. The first-order valence-electron chi connectivity index (χ1n) is 3.01. The third-order valence-corrected chi connectivity index (χ3v) is 2.34. The van der Waals surface area contributed by atoms with Crippen LogP contribution in [0.5, 0.6) is 0 Å². The molecule has 0 saturated heterocycles. The van der Waals surface area contributed by atoms with Crippen molar-refractivity contribution in [3.05, 3.63) is 32.7 Å². The smallest absolute Gasteiger partial charge is 0.414 e.